The highest BCUT2D eigenvalue weighted by atomic mass is 16.6. The number of hydrogen-bond donors (Lipinski definition) is 3. The van der Waals surface area contributed by atoms with Crippen molar-refractivity contribution in [3.8, 4) is 0 Å². The van der Waals surface area contributed by atoms with Crippen molar-refractivity contribution in [1.82, 2.24) is 9.55 Å². The topological polar surface area (TPSA) is 120 Å². The lowest BCUT2D eigenvalue weighted by molar-refractivity contribution is -0.0568. The van der Waals surface area contributed by atoms with E-state index in [9.17, 15) is 9.90 Å². The summed E-state index contributed by atoms with van der Waals surface area (Å²) in [5, 5.41) is 19.1. The lowest BCUT2D eigenvalue weighted by Gasteiger charge is -2.18. The number of methoxy groups -OCH3 is 1. The molecule has 0 aliphatic carbocycles. The van der Waals surface area contributed by atoms with Crippen LogP contribution in [0.4, 0.5) is 5.82 Å². The fraction of sp³-hybridized carbons (Fsp3) is 0.600. The third kappa shape index (κ3) is 2.10. The normalized spacial score (nSPS) is 31.7. The van der Waals surface area contributed by atoms with E-state index in [1.54, 1.807) is 0 Å². The summed E-state index contributed by atoms with van der Waals surface area (Å²) in [4.78, 5) is 15.2. The van der Waals surface area contributed by atoms with Crippen molar-refractivity contribution in [3.05, 3.63) is 22.7 Å². The van der Waals surface area contributed by atoms with Gasteiger partial charge in [0.1, 0.15) is 24.1 Å². The molecule has 1 aromatic rings. The van der Waals surface area contributed by atoms with E-state index in [4.69, 9.17) is 20.3 Å². The fourth-order valence-corrected chi connectivity index (χ4v) is 2.01. The van der Waals surface area contributed by atoms with E-state index >= 15 is 0 Å². The molecule has 0 spiro atoms. The zero-order valence-electron chi connectivity index (χ0n) is 9.76. The second-order valence-electron chi connectivity index (χ2n) is 3.98. The van der Waals surface area contributed by atoms with Gasteiger partial charge in [0, 0.05) is 13.3 Å². The van der Waals surface area contributed by atoms with Crippen molar-refractivity contribution in [2.75, 3.05) is 19.5 Å². The van der Waals surface area contributed by atoms with Crippen molar-refractivity contribution >= 4 is 5.82 Å². The lowest BCUT2D eigenvalue weighted by atomic mass is 10.1. The summed E-state index contributed by atoms with van der Waals surface area (Å²) >= 11 is 0. The Morgan fingerprint density at radius 2 is 2.39 bits per heavy atom. The first-order chi connectivity index (χ1) is 8.58. The Hall–Kier alpha value is -1.48. The maximum absolute atomic E-state index is 11.6. The molecule has 0 bridgehead atoms. The summed E-state index contributed by atoms with van der Waals surface area (Å²) in [6, 6.07) is 1.42. The predicted molar refractivity (Wildman–Crippen MR) is 60.7 cm³/mol. The Bertz CT molecular complexity index is 477. The first-order valence-electron chi connectivity index (χ1n) is 5.40. The zero-order chi connectivity index (χ0) is 13.3. The van der Waals surface area contributed by atoms with Crippen molar-refractivity contribution in [1.29, 1.82) is 0 Å². The van der Waals surface area contributed by atoms with E-state index in [2.05, 4.69) is 4.98 Å². The summed E-state index contributed by atoms with van der Waals surface area (Å²) in [6.45, 7) is -0.316. The molecule has 18 heavy (non-hydrogen) atoms. The quantitative estimate of drug-likeness (QED) is 0.578. The van der Waals surface area contributed by atoms with Crippen molar-refractivity contribution in [2.45, 2.75) is 24.5 Å². The monoisotopic (exact) mass is 257 g/mol. The maximum Gasteiger partial charge on any atom is 0.351 e. The largest absolute Gasteiger partial charge is 0.394 e. The van der Waals surface area contributed by atoms with E-state index in [1.165, 1.54) is 19.4 Å². The lowest BCUT2D eigenvalue weighted by Crippen LogP contribution is -2.37. The summed E-state index contributed by atoms with van der Waals surface area (Å²) in [5.74, 6) is 0.0886. The van der Waals surface area contributed by atoms with Crippen LogP contribution in [0.1, 0.15) is 6.23 Å². The molecule has 2 heterocycles. The third-order valence-electron chi connectivity index (χ3n) is 2.89. The van der Waals surface area contributed by atoms with Crippen LogP contribution in [0.15, 0.2) is 17.1 Å². The number of aliphatic hydroxyl groups is 2. The maximum atomic E-state index is 11.6. The van der Waals surface area contributed by atoms with Gasteiger partial charge in [0.2, 0.25) is 0 Å². The number of rotatable bonds is 3. The zero-order valence-corrected chi connectivity index (χ0v) is 9.76. The van der Waals surface area contributed by atoms with Gasteiger partial charge in [-0.25, -0.2) is 4.79 Å². The van der Waals surface area contributed by atoms with Gasteiger partial charge >= 0.3 is 5.69 Å². The highest BCUT2D eigenvalue weighted by molar-refractivity contribution is 5.23. The number of nitrogens with two attached hydrogens (primary N) is 1. The summed E-state index contributed by atoms with van der Waals surface area (Å²) < 4.78 is 11.6. The summed E-state index contributed by atoms with van der Waals surface area (Å²) in [6.07, 6.45) is -2.04. The second kappa shape index (κ2) is 5.02. The smallest absolute Gasteiger partial charge is 0.351 e. The Morgan fingerprint density at radius 1 is 1.67 bits per heavy atom. The standard InChI is InChI=1S/C10H15N3O5/c1-17-8-5(4-14)18-9(7(8)15)13-3-2-6(11)12-10(13)16/h2-3,5,7-9,14-15H,4H2,1H3,(H2,11,12,16)/t5-,7+,8-,9?/m1/s1. The molecule has 0 aromatic carbocycles. The molecule has 1 saturated heterocycles. The van der Waals surface area contributed by atoms with E-state index in [0.29, 0.717) is 0 Å². The van der Waals surface area contributed by atoms with Gasteiger partial charge in [-0.3, -0.25) is 4.57 Å². The molecular weight excluding hydrogens is 242 g/mol. The summed E-state index contributed by atoms with van der Waals surface area (Å²) in [7, 11) is 1.40. The van der Waals surface area contributed by atoms with Crippen molar-refractivity contribution in [2.24, 2.45) is 0 Å². The Kier molecular flexibility index (Phi) is 3.62. The molecule has 1 aromatic heterocycles. The van der Waals surface area contributed by atoms with Gasteiger partial charge in [-0.05, 0) is 6.07 Å². The van der Waals surface area contributed by atoms with Crippen LogP contribution >= 0.6 is 0 Å². The number of hydrogen-bond acceptors (Lipinski definition) is 7. The number of nitrogen functional groups attached to an aromatic ring is 1. The average molecular weight is 257 g/mol. The van der Waals surface area contributed by atoms with Crippen LogP contribution in [0, 0.1) is 0 Å². The number of ether oxygens (including phenoxy) is 2. The molecule has 1 unspecified atom stereocenters. The van der Waals surface area contributed by atoms with Gasteiger partial charge in [-0.1, -0.05) is 0 Å². The fourth-order valence-electron chi connectivity index (χ4n) is 2.01. The van der Waals surface area contributed by atoms with Crippen LogP contribution in [-0.4, -0.2) is 51.8 Å². The molecule has 1 fully saturated rings. The van der Waals surface area contributed by atoms with Crippen LogP contribution in [0.25, 0.3) is 0 Å². The van der Waals surface area contributed by atoms with Crippen LogP contribution in [0.2, 0.25) is 0 Å². The Labute approximate surface area is 103 Å². The molecular formula is C10H15N3O5. The van der Waals surface area contributed by atoms with Crippen LogP contribution in [0.3, 0.4) is 0 Å². The van der Waals surface area contributed by atoms with Crippen molar-refractivity contribution < 1.29 is 19.7 Å². The molecule has 8 heteroatoms. The molecule has 4 N–H and O–H groups in total. The predicted octanol–water partition coefficient (Wildman–Crippen LogP) is -1.91. The minimum atomic E-state index is -1.07. The minimum Gasteiger partial charge on any atom is -0.394 e. The van der Waals surface area contributed by atoms with E-state index in [-0.39, 0.29) is 12.4 Å². The highest BCUT2D eigenvalue weighted by Crippen LogP contribution is 2.29. The number of aromatic nitrogens is 2. The van der Waals surface area contributed by atoms with Crippen LogP contribution in [0.5, 0.6) is 0 Å². The molecule has 1 aliphatic rings. The molecule has 0 radical (unpaired) electrons. The van der Waals surface area contributed by atoms with E-state index in [1.807, 2.05) is 0 Å². The molecule has 0 amide bonds. The molecule has 2 rings (SSSR count). The Balaban J connectivity index is 2.32. The molecule has 4 atom stereocenters. The van der Waals surface area contributed by atoms with E-state index < -0.39 is 30.2 Å². The van der Waals surface area contributed by atoms with Crippen LogP contribution in [-0.2, 0) is 9.47 Å². The number of nitrogens with zero attached hydrogens (tertiary/aromatic N) is 2. The number of aliphatic hydroxyl groups excluding tert-OH is 2. The van der Waals surface area contributed by atoms with Crippen LogP contribution < -0.4 is 11.4 Å². The molecule has 0 saturated carbocycles. The van der Waals surface area contributed by atoms with Gasteiger partial charge in [0.15, 0.2) is 6.23 Å². The Morgan fingerprint density at radius 3 is 2.89 bits per heavy atom. The number of anilines is 1. The first kappa shape index (κ1) is 13.0. The molecule has 8 nitrogen and oxygen atoms in total. The molecule has 1 aliphatic heterocycles. The summed E-state index contributed by atoms with van der Waals surface area (Å²) in [5.41, 5.74) is 4.74. The average Bonchev–Trinajstić information content (AvgIpc) is 2.66. The van der Waals surface area contributed by atoms with E-state index in [0.717, 1.165) is 4.57 Å². The third-order valence-corrected chi connectivity index (χ3v) is 2.89. The molecule has 100 valence electrons. The first-order valence-corrected chi connectivity index (χ1v) is 5.40. The van der Waals surface area contributed by atoms with Gasteiger partial charge in [0.05, 0.1) is 6.61 Å². The second-order valence-corrected chi connectivity index (χ2v) is 3.98. The van der Waals surface area contributed by atoms with Gasteiger partial charge in [-0.2, -0.15) is 4.98 Å². The van der Waals surface area contributed by atoms with Gasteiger partial charge < -0.3 is 25.4 Å². The van der Waals surface area contributed by atoms with Gasteiger partial charge in [-0.15, -0.1) is 0 Å². The SMILES string of the molecule is CO[C@H]1[C@H](O)C(n2ccc(N)nc2=O)O[C@@H]1CO. The van der Waals surface area contributed by atoms with Gasteiger partial charge in [0.25, 0.3) is 0 Å². The minimum absolute atomic E-state index is 0.0886. The van der Waals surface area contributed by atoms with Crippen molar-refractivity contribution in [3.63, 3.8) is 0 Å². The highest BCUT2D eigenvalue weighted by Gasteiger charge is 2.45.